The summed E-state index contributed by atoms with van der Waals surface area (Å²) in [4.78, 5) is 11.8. The number of ketones is 1. The van der Waals surface area contributed by atoms with Crippen molar-refractivity contribution in [2.75, 3.05) is 19.8 Å². The summed E-state index contributed by atoms with van der Waals surface area (Å²) in [6.45, 7) is 1.36. The average molecular weight is 241 g/mol. The van der Waals surface area contributed by atoms with E-state index in [9.17, 15) is 4.79 Å². The number of Topliss-reactive ketones (excluding diaryl/α,β-unsaturated/α-hetero) is 1. The maximum Gasteiger partial charge on any atom is 0.189 e. The number of benzene rings is 1. The third-order valence-corrected chi connectivity index (χ3v) is 2.84. The zero-order valence-corrected chi connectivity index (χ0v) is 9.57. The largest absolute Gasteiger partial charge is 0.379 e. The lowest BCUT2D eigenvalue weighted by Crippen LogP contribution is -2.18. The number of hydrogen-bond acceptors (Lipinski definition) is 3. The van der Waals surface area contributed by atoms with Crippen LogP contribution in [0.3, 0.4) is 0 Å². The summed E-state index contributed by atoms with van der Waals surface area (Å²) in [5.41, 5.74) is 0.517. The molecule has 0 aromatic heterocycles. The van der Waals surface area contributed by atoms with Crippen LogP contribution in [0.5, 0.6) is 0 Å². The van der Waals surface area contributed by atoms with Crippen molar-refractivity contribution in [3.63, 3.8) is 0 Å². The van der Waals surface area contributed by atoms with Gasteiger partial charge in [0.2, 0.25) is 0 Å². The van der Waals surface area contributed by atoms with E-state index in [2.05, 4.69) is 0 Å². The quantitative estimate of drug-likeness (QED) is 0.758. The number of carbonyl (C=O) groups is 1. The Bertz CT molecular complexity index is 372. The van der Waals surface area contributed by atoms with Crippen molar-refractivity contribution in [3.05, 3.63) is 34.9 Å². The van der Waals surface area contributed by atoms with Gasteiger partial charge in [-0.2, -0.15) is 0 Å². The molecule has 1 aromatic carbocycles. The molecule has 0 spiro atoms. The number of halogens is 1. The summed E-state index contributed by atoms with van der Waals surface area (Å²) in [6, 6.07) is 7.00. The van der Waals surface area contributed by atoms with Crippen LogP contribution >= 0.6 is 11.6 Å². The molecule has 0 radical (unpaired) electrons. The van der Waals surface area contributed by atoms with Crippen LogP contribution in [0.1, 0.15) is 16.8 Å². The van der Waals surface area contributed by atoms with Crippen molar-refractivity contribution in [1.82, 2.24) is 0 Å². The van der Waals surface area contributed by atoms with Crippen molar-refractivity contribution >= 4 is 17.4 Å². The molecular weight excluding hydrogens is 228 g/mol. The van der Waals surface area contributed by atoms with Crippen LogP contribution in [0.2, 0.25) is 5.02 Å². The minimum Gasteiger partial charge on any atom is -0.379 e. The van der Waals surface area contributed by atoms with Gasteiger partial charge in [-0.05, 0) is 18.6 Å². The molecular formula is C12H13ClO3. The second-order valence-electron chi connectivity index (χ2n) is 3.70. The van der Waals surface area contributed by atoms with Gasteiger partial charge in [-0.25, -0.2) is 0 Å². The number of ether oxygens (including phenoxy) is 2. The highest BCUT2D eigenvalue weighted by Crippen LogP contribution is 2.16. The van der Waals surface area contributed by atoms with Gasteiger partial charge >= 0.3 is 0 Å². The topological polar surface area (TPSA) is 35.5 Å². The van der Waals surface area contributed by atoms with E-state index in [0.717, 1.165) is 6.42 Å². The molecule has 1 aromatic rings. The second-order valence-corrected chi connectivity index (χ2v) is 4.11. The molecule has 1 heterocycles. The molecule has 0 amide bonds. The first kappa shape index (κ1) is 11.6. The lowest BCUT2D eigenvalue weighted by molar-refractivity contribution is 0.0390. The van der Waals surface area contributed by atoms with Crippen LogP contribution in [0, 0.1) is 0 Å². The Labute approximate surface area is 99.3 Å². The van der Waals surface area contributed by atoms with E-state index in [0.29, 0.717) is 23.8 Å². The monoisotopic (exact) mass is 240 g/mol. The molecule has 1 atom stereocenters. The maximum absolute atomic E-state index is 11.8. The average Bonchev–Trinajstić information content (AvgIpc) is 2.79. The van der Waals surface area contributed by atoms with Crippen LogP contribution in [0.25, 0.3) is 0 Å². The first-order valence-electron chi connectivity index (χ1n) is 5.24. The van der Waals surface area contributed by atoms with Gasteiger partial charge in [0.25, 0.3) is 0 Å². The van der Waals surface area contributed by atoms with E-state index in [1.54, 1.807) is 24.3 Å². The minimum absolute atomic E-state index is 0.0476. The smallest absolute Gasteiger partial charge is 0.189 e. The standard InChI is InChI=1S/C12H13ClO3/c13-11-4-2-1-3-10(11)12(14)8-16-9-5-6-15-7-9/h1-4,9H,5-8H2. The van der Waals surface area contributed by atoms with Crippen molar-refractivity contribution in [2.45, 2.75) is 12.5 Å². The van der Waals surface area contributed by atoms with Crippen molar-refractivity contribution < 1.29 is 14.3 Å². The molecule has 1 fully saturated rings. The fourth-order valence-electron chi connectivity index (χ4n) is 1.60. The van der Waals surface area contributed by atoms with Gasteiger partial charge in [0.15, 0.2) is 5.78 Å². The molecule has 0 bridgehead atoms. The Kier molecular flexibility index (Phi) is 3.93. The number of carbonyl (C=O) groups excluding carboxylic acids is 1. The second kappa shape index (κ2) is 5.43. The first-order valence-corrected chi connectivity index (χ1v) is 5.62. The summed E-state index contributed by atoms with van der Waals surface area (Å²) < 4.78 is 10.6. The van der Waals surface area contributed by atoms with E-state index in [1.165, 1.54) is 0 Å². The Balaban J connectivity index is 1.90. The molecule has 1 unspecified atom stereocenters. The molecule has 4 heteroatoms. The zero-order valence-electron chi connectivity index (χ0n) is 8.82. The van der Waals surface area contributed by atoms with Crippen LogP contribution in [0.4, 0.5) is 0 Å². The normalized spacial score (nSPS) is 19.9. The Hall–Kier alpha value is -0.900. The van der Waals surface area contributed by atoms with E-state index in [4.69, 9.17) is 21.1 Å². The van der Waals surface area contributed by atoms with E-state index in [1.807, 2.05) is 0 Å². The van der Waals surface area contributed by atoms with Gasteiger partial charge in [-0.15, -0.1) is 0 Å². The van der Waals surface area contributed by atoms with E-state index >= 15 is 0 Å². The summed E-state index contributed by atoms with van der Waals surface area (Å²) in [7, 11) is 0. The molecule has 1 saturated heterocycles. The summed E-state index contributed by atoms with van der Waals surface area (Å²) >= 11 is 5.91. The third kappa shape index (κ3) is 2.82. The highest BCUT2D eigenvalue weighted by Gasteiger charge is 2.18. The molecule has 0 aliphatic carbocycles. The Morgan fingerprint density at radius 3 is 3.00 bits per heavy atom. The molecule has 3 nitrogen and oxygen atoms in total. The van der Waals surface area contributed by atoms with Crippen molar-refractivity contribution in [3.8, 4) is 0 Å². The van der Waals surface area contributed by atoms with E-state index < -0.39 is 0 Å². The predicted octanol–water partition coefficient (Wildman–Crippen LogP) is 2.33. The van der Waals surface area contributed by atoms with Crippen molar-refractivity contribution in [1.29, 1.82) is 0 Å². The van der Waals surface area contributed by atoms with Crippen LogP contribution in [-0.2, 0) is 9.47 Å². The molecule has 2 rings (SSSR count). The molecule has 86 valence electrons. The number of rotatable bonds is 4. The van der Waals surface area contributed by atoms with Gasteiger partial charge in [-0.3, -0.25) is 4.79 Å². The predicted molar refractivity (Wildman–Crippen MR) is 61.0 cm³/mol. The zero-order chi connectivity index (χ0) is 11.4. The van der Waals surface area contributed by atoms with Gasteiger partial charge in [0.1, 0.15) is 6.61 Å². The van der Waals surface area contributed by atoms with Gasteiger partial charge in [0, 0.05) is 12.2 Å². The molecule has 0 N–H and O–H groups in total. The lowest BCUT2D eigenvalue weighted by Gasteiger charge is -2.09. The number of hydrogen-bond donors (Lipinski definition) is 0. The summed E-state index contributed by atoms with van der Waals surface area (Å²) in [5.74, 6) is -0.0856. The Morgan fingerprint density at radius 1 is 1.50 bits per heavy atom. The van der Waals surface area contributed by atoms with E-state index in [-0.39, 0.29) is 18.5 Å². The maximum atomic E-state index is 11.8. The lowest BCUT2D eigenvalue weighted by atomic mass is 10.1. The van der Waals surface area contributed by atoms with Crippen LogP contribution in [0.15, 0.2) is 24.3 Å². The van der Waals surface area contributed by atoms with Crippen LogP contribution in [-0.4, -0.2) is 31.7 Å². The Morgan fingerprint density at radius 2 is 2.31 bits per heavy atom. The fraction of sp³-hybridized carbons (Fsp3) is 0.417. The third-order valence-electron chi connectivity index (χ3n) is 2.51. The molecule has 16 heavy (non-hydrogen) atoms. The fourth-order valence-corrected chi connectivity index (χ4v) is 1.84. The van der Waals surface area contributed by atoms with Crippen LogP contribution < -0.4 is 0 Å². The molecule has 0 saturated carbocycles. The van der Waals surface area contributed by atoms with Gasteiger partial charge in [0.05, 0.1) is 17.7 Å². The molecule has 1 aliphatic rings. The SMILES string of the molecule is O=C(COC1CCOC1)c1ccccc1Cl. The minimum atomic E-state index is -0.0856. The first-order chi connectivity index (χ1) is 7.77. The van der Waals surface area contributed by atoms with Gasteiger partial charge in [-0.1, -0.05) is 23.7 Å². The highest BCUT2D eigenvalue weighted by molar-refractivity contribution is 6.34. The summed E-state index contributed by atoms with van der Waals surface area (Å²) in [5, 5.41) is 0.471. The van der Waals surface area contributed by atoms with Gasteiger partial charge < -0.3 is 9.47 Å². The van der Waals surface area contributed by atoms with Crippen molar-refractivity contribution in [2.24, 2.45) is 0 Å². The molecule has 1 aliphatic heterocycles. The summed E-state index contributed by atoms with van der Waals surface area (Å²) in [6.07, 6.45) is 0.905. The highest BCUT2D eigenvalue weighted by atomic mass is 35.5.